The lowest BCUT2D eigenvalue weighted by Crippen LogP contribution is -2.18. The third kappa shape index (κ3) is 2.83. The molecule has 21 heavy (non-hydrogen) atoms. The predicted molar refractivity (Wildman–Crippen MR) is 77.8 cm³/mol. The Bertz CT molecular complexity index is 680. The molecule has 1 amide bonds. The number of aromatic nitrogens is 2. The highest BCUT2D eigenvalue weighted by atomic mass is 16.6. The zero-order valence-electron chi connectivity index (χ0n) is 11.7. The van der Waals surface area contributed by atoms with Crippen LogP contribution in [0.2, 0.25) is 0 Å². The van der Waals surface area contributed by atoms with Crippen LogP contribution in [0.15, 0.2) is 30.5 Å². The maximum Gasteiger partial charge on any atom is 0.317 e. The quantitative estimate of drug-likeness (QED) is 0.642. The van der Waals surface area contributed by atoms with Gasteiger partial charge in [0.1, 0.15) is 11.4 Å². The number of carbonyl (C=O) groups excluding carboxylic acids is 1. The van der Waals surface area contributed by atoms with Gasteiger partial charge in [-0.25, -0.2) is 4.68 Å². The first-order chi connectivity index (χ1) is 10.1. The van der Waals surface area contributed by atoms with E-state index in [1.807, 2.05) is 6.92 Å². The van der Waals surface area contributed by atoms with Crippen molar-refractivity contribution in [2.75, 3.05) is 18.9 Å². The molecule has 1 aromatic carbocycles. The number of nitrogens with one attached hydrogen (secondary N) is 2. The van der Waals surface area contributed by atoms with Gasteiger partial charge in [-0.1, -0.05) is 6.07 Å². The van der Waals surface area contributed by atoms with Crippen LogP contribution < -0.4 is 10.6 Å². The minimum absolute atomic E-state index is 0.0779. The monoisotopic (exact) mass is 289 g/mol. The number of benzene rings is 1. The van der Waals surface area contributed by atoms with Crippen LogP contribution >= 0.6 is 0 Å². The summed E-state index contributed by atoms with van der Waals surface area (Å²) < 4.78 is 1.32. The van der Waals surface area contributed by atoms with Gasteiger partial charge in [0.15, 0.2) is 5.69 Å². The van der Waals surface area contributed by atoms with E-state index in [1.54, 1.807) is 18.2 Å². The number of nitro benzene ring substituents is 1. The van der Waals surface area contributed by atoms with Gasteiger partial charge in [-0.15, -0.1) is 0 Å². The smallest absolute Gasteiger partial charge is 0.317 e. The van der Waals surface area contributed by atoms with Gasteiger partial charge in [0, 0.05) is 19.8 Å². The van der Waals surface area contributed by atoms with Crippen molar-refractivity contribution in [3.05, 3.63) is 46.3 Å². The summed E-state index contributed by atoms with van der Waals surface area (Å²) in [4.78, 5) is 22.4. The maximum atomic E-state index is 11.5. The van der Waals surface area contributed by atoms with Crippen LogP contribution in [0.1, 0.15) is 17.4 Å². The first-order valence-electron chi connectivity index (χ1n) is 6.37. The fourth-order valence-electron chi connectivity index (χ4n) is 1.95. The summed E-state index contributed by atoms with van der Waals surface area (Å²) in [7, 11) is 1.50. The van der Waals surface area contributed by atoms with Gasteiger partial charge in [0.05, 0.1) is 4.92 Å². The van der Waals surface area contributed by atoms with Crippen LogP contribution in [0, 0.1) is 10.1 Å². The Morgan fingerprint density at radius 2 is 2.19 bits per heavy atom. The zero-order chi connectivity index (χ0) is 15.4. The molecule has 2 rings (SSSR count). The van der Waals surface area contributed by atoms with Crippen LogP contribution in [0.3, 0.4) is 0 Å². The van der Waals surface area contributed by atoms with Crippen molar-refractivity contribution in [2.24, 2.45) is 0 Å². The average molecular weight is 289 g/mol. The molecule has 0 aliphatic carbocycles. The topological polar surface area (TPSA) is 102 Å². The van der Waals surface area contributed by atoms with Crippen LogP contribution in [-0.2, 0) is 0 Å². The van der Waals surface area contributed by atoms with Crippen molar-refractivity contribution in [1.29, 1.82) is 0 Å². The third-order valence-corrected chi connectivity index (χ3v) is 2.86. The lowest BCUT2D eigenvalue weighted by atomic mass is 10.2. The van der Waals surface area contributed by atoms with E-state index in [4.69, 9.17) is 0 Å². The Morgan fingerprint density at radius 3 is 2.81 bits per heavy atom. The minimum Gasteiger partial charge on any atom is -0.380 e. The van der Waals surface area contributed by atoms with Crippen molar-refractivity contribution in [2.45, 2.75) is 6.92 Å². The highest BCUT2D eigenvalue weighted by Gasteiger charge is 2.21. The van der Waals surface area contributed by atoms with Crippen LogP contribution in [0.5, 0.6) is 0 Å². The van der Waals surface area contributed by atoms with Crippen LogP contribution in [0.25, 0.3) is 5.69 Å². The number of amides is 1. The first kappa shape index (κ1) is 14.5. The molecule has 0 radical (unpaired) electrons. The number of rotatable bonds is 5. The highest BCUT2D eigenvalue weighted by molar-refractivity contribution is 5.92. The summed E-state index contributed by atoms with van der Waals surface area (Å²) in [5, 5.41) is 20.8. The predicted octanol–water partition coefficient (Wildman–Crippen LogP) is 1.57. The molecule has 0 aliphatic rings. The molecule has 2 aromatic rings. The van der Waals surface area contributed by atoms with E-state index in [0.717, 1.165) is 0 Å². The molecule has 0 bridgehead atoms. The molecule has 0 saturated carbocycles. The lowest BCUT2D eigenvalue weighted by molar-refractivity contribution is -0.383. The number of hydrogen-bond donors (Lipinski definition) is 2. The SMILES string of the molecule is CCNc1cccc(-n2ccc(C(=O)NC)n2)c1[N+](=O)[O-]. The number of hydrogen-bond acceptors (Lipinski definition) is 5. The van der Waals surface area contributed by atoms with Crippen molar-refractivity contribution in [3.8, 4) is 5.69 Å². The minimum atomic E-state index is -0.464. The van der Waals surface area contributed by atoms with E-state index in [-0.39, 0.29) is 17.3 Å². The summed E-state index contributed by atoms with van der Waals surface area (Å²) in [5.74, 6) is -0.348. The normalized spacial score (nSPS) is 10.2. The summed E-state index contributed by atoms with van der Waals surface area (Å²) in [6.45, 7) is 2.42. The molecule has 2 N–H and O–H groups in total. The second kappa shape index (κ2) is 6.04. The highest BCUT2D eigenvalue weighted by Crippen LogP contribution is 2.31. The van der Waals surface area contributed by atoms with E-state index < -0.39 is 4.92 Å². The lowest BCUT2D eigenvalue weighted by Gasteiger charge is -2.08. The number of para-hydroxylation sites is 1. The fourth-order valence-corrected chi connectivity index (χ4v) is 1.95. The summed E-state index contributed by atoms with van der Waals surface area (Å²) >= 11 is 0. The fraction of sp³-hybridized carbons (Fsp3) is 0.231. The molecule has 0 unspecified atom stereocenters. The Hall–Kier alpha value is -2.90. The van der Waals surface area contributed by atoms with Crippen LogP contribution in [-0.4, -0.2) is 34.2 Å². The van der Waals surface area contributed by atoms with Gasteiger partial charge in [-0.05, 0) is 25.1 Å². The van der Waals surface area contributed by atoms with Crippen molar-refractivity contribution >= 4 is 17.3 Å². The molecular formula is C13H15N5O3. The summed E-state index contributed by atoms with van der Waals surface area (Å²) in [5.41, 5.74) is 0.831. The standard InChI is InChI=1S/C13H15N5O3/c1-3-15-9-5-4-6-11(12(9)18(20)21)17-8-7-10(16-17)13(19)14-2/h4-8,15H,3H2,1-2H3,(H,14,19). The maximum absolute atomic E-state index is 11.5. The molecule has 8 heteroatoms. The molecule has 0 saturated heterocycles. The number of anilines is 1. The zero-order valence-corrected chi connectivity index (χ0v) is 11.7. The van der Waals surface area contributed by atoms with Gasteiger partial charge in [0.2, 0.25) is 0 Å². The molecule has 0 spiro atoms. The Labute approximate surface area is 120 Å². The molecular weight excluding hydrogens is 274 g/mol. The summed E-state index contributed by atoms with van der Waals surface area (Å²) in [6.07, 6.45) is 1.52. The molecule has 8 nitrogen and oxygen atoms in total. The second-order valence-corrected chi connectivity index (χ2v) is 4.19. The van der Waals surface area contributed by atoms with Gasteiger partial charge in [-0.3, -0.25) is 14.9 Å². The summed E-state index contributed by atoms with van der Waals surface area (Å²) in [6, 6.07) is 6.41. The molecule has 110 valence electrons. The molecule has 1 heterocycles. The van der Waals surface area contributed by atoms with Gasteiger partial charge < -0.3 is 10.6 Å². The van der Waals surface area contributed by atoms with Crippen molar-refractivity contribution < 1.29 is 9.72 Å². The molecule has 0 atom stereocenters. The first-order valence-corrected chi connectivity index (χ1v) is 6.37. The van der Waals surface area contributed by atoms with Gasteiger partial charge in [0.25, 0.3) is 5.91 Å². The van der Waals surface area contributed by atoms with E-state index in [1.165, 1.54) is 24.0 Å². The Kier molecular flexibility index (Phi) is 4.17. The van der Waals surface area contributed by atoms with Crippen LogP contribution in [0.4, 0.5) is 11.4 Å². The second-order valence-electron chi connectivity index (χ2n) is 4.19. The van der Waals surface area contributed by atoms with E-state index in [2.05, 4.69) is 15.7 Å². The largest absolute Gasteiger partial charge is 0.380 e. The molecule has 0 fully saturated rings. The van der Waals surface area contributed by atoms with E-state index in [0.29, 0.717) is 17.9 Å². The van der Waals surface area contributed by atoms with Crippen molar-refractivity contribution in [3.63, 3.8) is 0 Å². The molecule has 1 aromatic heterocycles. The Morgan fingerprint density at radius 1 is 1.43 bits per heavy atom. The third-order valence-electron chi connectivity index (χ3n) is 2.86. The Balaban J connectivity index is 2.53. The number of carbonyl (C=O) groups is 1. The van der Waals surface area contributed by atoms with Gasteiger partial charge >= 0.3 is 5.69 Å². The van der Waals surface area contributed by atoms with Crippen molar-refractivity contribution in [1.82, 2.24) is 15.1 Å². The van der Waals surface area contributed by atoms with Gasteiger partial charge in [-0.2, -0.15) is 5.10 Å². The number of nitrogens with zero attached hydrogens (tertiary/aromatic N) is 3. The van der Waals surface area contributed by atoms with E-state index >= 15 is 0 Å². The van der Waals surface area contributed by atoms with E-state index in [9.17, 15) is 14.9 Å². The molecule has 0 aliphatic heterocycles. The number of nitro groups is 1. The average Bonchev–Trinajstić information content (AvgIpc) is 2.96.